The first-order valence-electron chi connectivity index (χ1n) is 17.6. The van der Waals surface area contributed by atoms with Gasteiger partial charge in [0.05, 0.1) is 26.0 Å². The highest BCUT2D eigenvalue weighted by molar-refractivity contribution is 5.95. The molecule has 13 nitrogen and oxygen atoms in total. The summed E-state index contributed by atoms with van der Waals surface area (Å²) in [6, 6.07) is 21.4. The molecule has 8 rings (SSSR count). The molecule has 2 amide bonds. The lowest BCUT2D eigenvalue weighted by Crippen LogP contribution is -2.69. The Hall–Kier alpha value is -4.63. The summed E-state index contributed by atoms with van der Waals surface area (Å²) < 4.78 is 25.0. The third-order valence-corrected chi connectivity index (χ3v) is 10.7. The van der Waals surface area contributed by atoms with Crippen molar-refractivity contribution in [2.75, 3.05) is 26.4 Å². The average Bonchev–Trinajstić information content (AvgIpc) is 3.83. The van der Waals surface area contributed by atoms with Gasteiger partial charge in [-0.15, -0.1) is 0 Å². The van der Waals surface area contributed by atoms with Crippen LogP contribution < -0.4 is 10.6 Å². The summed E-state index contributed by atoms with van der Waals surface area (Å²) in [6.45, 7) is 0.222. The quantitative estimate of drug-likeness (QED) is 0.123. The molecule has 1 spiro atoms. The second kappa shape index (κ2) is 14.1. The minimum absolute atomic E-state index is 0.0903. The number of fused-ring (bicyclic) bond motifs is 5. The number of hydroxylamine groups is 2. The third-order valence-electron chi connectivity index (χ3n) is 10.7. The smallest absolute Gasteiger partial charge is 0.327 e. The number of benzene rings is 3. The molecule has 3 saturated heterocycles. The number of esters is 1. The molecular formula is C39H41N3O10. The number of aliphatic hydroxyl groups is 2. The number of nitrogens with zero attached hydrogens (tertiary/aromatic N) is 1. The van der Waals surface area contributed by atoms with Crippen molar-refractivity contribution >= 4 is 23.9 Å². The van der Waals surface area contributed by atoms with Gasteiger partial charge in [-0.05, 0) is 46.0 Å². The molecule has 3 heterocycles. The van der Waals surface area contributed by atoms with Crippen molar-refractivity contribution in [1.29, 1.82) is 0 Å². The van der Waals surface area contributed by atoms with Crippen LogP contribution in [0.15, 0.2) is 79.1 Å². The average molecular weight is 712 g/mol. The Bertz CT molecular complexity index is 1860. The molecule has 3 aliphatic heterocycles. The van der Waals surface area contributed by atoms with Crippen LogP contribution in [0.25, 0.3) is 6.08 Å². The number of amides is 2. The zero-order valence-corrected chi connectivity index (χ0v) is 28.4. The van der Waals surface area contributed by atoms with E-state index in [9.17, 15) is 14.4 Å². The maximum absolute atomic E-state index is 14.7. The predicted molar refractivity (Wildman–Crippen MR) is 184 cm³/mol. The van der Waals surface area contributed by atoms with Crippen LogP contribution in [-0.2, 0) is 59.3 Å². The minimum Gasteiger partial charge on any atom is -0.499 e. The summed E-state index contributed by atoms with van der Waals surface area (Å²) >= 11 is 0. The number of carbonyl (C=O) groups excluding carboxylic acids is 3. The van der Waals surface area contributed by atoms with Crippen molar-refractivity contribution in [2.24, 2.45) is 5.41 Å². The molecule has 3 aromatic rings. The van der Waals surface area contributed by atoms with E-state index in [1.165, 1.54) is 6.26 Å². The molecule has 6 atom stereocenters. The molecule has 1 saturated carbocycles. The van der Waals surface area contributed by atoms with Crippen LogP contribution in [0.1, 0.15) is 44.6 Å². The van der Waals surface area contributed by atoms with Gasteiger partial charge in [-0.3, -0.25) is 19.2 Å². The fourth-order valence-corrected chi connectivity index (χ4v) is 8.45. The van der Waals surface area contributed by atoms with Gasteiger partial charge in [0.25, 0.3) is 5.91 Å². The maximum Gasteiger partial charge on any atom is 0.327 e. The number of rotatable bonds is 12. The van der Waals surface area contributed by atoms with Gasteiger partial charge in [0.1, 0.15) is 36.4 Å². The van der Waals surface area contributed by atoms with Gasteiger partial charge in [-0.2, -0.15) is 5.06 Å². The topological polar surface area (TPSA) is 165 Å². The Balaban J connectivity index is 1.11. The fraction of sp³-hybridized carbons (Fsp3) is 0.410. The van der Waals surface area contributed by atoms with Crippen molar-refractivity contribution in [2.45, 2.75) is 68.6 Å². The SMILES string of the molecule is O=C(NCCO)c1cccc(CNC(=O)[C@@]23C[C@H]4OC(=O)[C@@H]2N(Cc2ccccc2C=COCCO)O[C@@H]3[C@H]2OC3(Cc5ccccc5C3)O[C@H]24)c1. The lowest BCUT2D eigenvalue weighted by Gasteiger charge is -2.48. The number of aliphatic hydroxyl groups excluding tert-OH is 2. The molecule has 13 heteroatoms. The van der Waals surface area contributed by atoms with Crippen molar-refractivity contribution < 1.29 is 48.4 Å². The number of nitrogens with one attached hydrogen (secondary N) is 2. The highest BCUT2D eigenvalue weighted by atomic mass is 16.8. The van der Waals surface area contributed by atoms with Crippen LogP contribution in [0.4, 0.5) is 0 Å². The highest BCUT2D eigenvalue weighted by Crippen LogP contribution is 2.58. The summed E-state index contributed by atoms with van der Waals surface area (Å²) in [7, 11) is 0. The summed E-state index contributed by atoms with van der Waals surface area (Å²) in [5, 5.41) is 25.5. The van der Waals surface area contributed by atoms with E-state index < -0.39 is 47.6 Å². The van der Waals surface area contributed by atoms with E-state index in [0.717, 1.165) is 22.3 Å². The first-order valence-corrected chi connectivity index (χ1v) is 17.6. The van der Waals surface area contributed by atoms with E-state index in [-0.39, 0.29) is 57.7 Å². The van der Waals surface area contributed by atoms with E-state index in [1.54, 1.807) is 35.4 Å². The third kappa shape index (κ3) is 6.06. The predicted octanol–water partition coefficient (Wildman–Crippen LogP) is 1.78. The highest BCUT2D eigenvalue weighted by Gasteiger charge is 2.76. The van der Waals surface area contributed by atoms with Gasteiger partial charge in [-0.1, -0.05) is 60.7 Å². The summed E-state index contributed by atoms with van der Waals surface area (Å²) in [5.74, 6) is -2.27. The Morgan fingerprint density at radius 2 is 1.71 bits per heavy atom. The van der Waals surface area contributed by atoms with Gasteiger partial charge in [0.2, 0.25) is 5.91 Å². The van der Waals surface area contributed by atoms with Crippen molar-refractivity contribution in [3.05, 3.63) is 112 Å². The molecule has 5 aliphatic rings. The second-order valence-corrected chi connectivity index (χ2v) is 13.9. The zero-order chi connectivity index (χ0) is 35.9. The molecule has 0 aromatic heterocycles. The summed E-state index contributed by atoms with van der Waals surface area (Å²) in [4.78, 5) is 48.2. The molecule has 2 bridgehead atoms. The van der Waals surface area contributed by atoms with Gasteiger partial charge in [0, 0.05) is 37.9 Å². The normalized spacial score (nSPS) is 28.0. The van der Waals surface area contributed by atoms with Crippen molar-refractivity contribution in [3.8, 4) is 0 Å². The van der Waals surface area contributed by atoms with Crippen molar-refractivity contribution in [3.63, 3.8) is 0 Å². The number of hydrogen-bond acceptors (Lipinski definition) is 11. The Labute approximate surface area is 300 Å². The van der Waals surface area contributed by atoms with E-state index in [2.05, 4.69) is 22.8 Å². The molecule has 4 fully saturated rings. The molecular weight excluding hydrogens is 670 g/mol. The minimum atomic E-state index is -1.38. The summed E-state index contributed by atoms with van der Waals surface area (Å²) in [6.07, 6.45) is 1.54. The fourth-order valence-electron chi connectivity index (χ4n) is 8.45. The molecule has 0 unspecified atom stereocenters. The monoisotopic (exact) mass is 711 g/mol. The summed E-state index contributed by atoms with van der Waals surface area (Å²) in [5.41, 5.74) is 3.57. The first kappa shape index (κ1) is 34.5. The van der Waals surface area contributed by atoms with Gasteiger partial charge >= 0.3 is 5.97 Å². The van der Waals surface area contributed by atoms with Crippen LogP contribution in [0, 0.1) is 5.41 Å². The lowest BCUT2D eigenvalue weighted by atomic mass is 9.62. The first-order chi connectivity index (χ1) is 25.3. The van der Waals surface area contributed by atoms with E-state index in [1.807, 2.05) is 36.4 Å². The van der Waals surface area contributed by atoms with Crippen LogP contribution in [0.5, 0.6) is 0 Å². The lowest BCUT2D eigenvalue weighted by molar-refractivity contribution is -0.217. The van der Waals surface area contributed by atoms with E-state index in [0.29, 0.717) is 24.0 Å². The zero-order valence-electron chi connectivity index (χ0n) is 28.4. The van der Waals surface area contributed by atoms with Crippen LogP contribution in [0.2, 0.25) is 0 Å². The number of hydrogen-bond donors (Lipinski definition) is 4. The second-order valence-electron chi connectivity index (χ2n) is 13.9. The van der Waals surface area contributed by atoms with Crippen LogP contribution >= 0.6 is 0 Å². The number of carbonyl (C=O) groups is 3. The Kier molecular flexibility index (Phi) is 9.32. The molecule has 2 aliphatic carbocycles. The van der Waals surface area contributed by atoms with Gasteiger partial charge in [-0.25, -0.2) is 0 Å². The maximum atomic E-state index is 14.7. The van der Waals surface area contributed by atoms with Gasteiger partial charge < -0.3 is 39.8 Å². The standard InChI is InChI=1S/C39H41N3O10/c43-14-13-40-35(45)26-11-5-6-24(18-26)22-41-37(47)39-21-30-31-32(51-38(50-31)19-27-8-2-3-9-28(27)20-38)34(39)52-42(33(39)36(46)49-30)23-29-10-4-1-7-25(29)12-16-48-17-15-44/h1-12,16,18,30-34,43-44H,13-15,17,19-23H2,(H,40,45)(H,41,47)/t30-,31+,32+,33+,34-,39+/m1/s1. The van der Waals surface area contributed by atoms with E-state index >= 15 is 0 Å². The largest absolute Gasteiger partial charge is 0.499 e. The van der Waals surface area contributed by atoms with Crippen molar-refractivity contribution in [1.82, 2.24) is 15.7 Å². The Morgan fingerprint density at radius 3 is 2.50 bits per heavy atom. The number of ether oxygens (including phenoxy) is 4. The van der Waals surface area contributed by atoms with E-state index in [4.69, 9.17) is 34.0 Å². The van der Waals surface area contributed by atoms with Crippen LogP contribution in [-0.4, -0.2) is 95.7 Å². The molecule has 0 radical (unpaired) electrons. The molecule has 3 aromatic carbocycles. The molecule has 272 valence electrons. The molecule has 4 N–H and O–H groups in total. The van der Waals surface area contributed by atoms with Crippen LogP contribution in [0.3, 0.4) is 0 Å². The Morgan fingerprint density at radius 1 is 0.942 bits per heavy atom. The molecule has 52 heavy (non-hydrogen) atoms. The van der Waals surface area contributed by atoms with Gasteiger partial charge in [0.15, 0.2) is 11.8 Å².